The smallest absolute Gasteiger partial charge is 0.225 e. The average Bonchev–Trinajstić information content (AvgIpc) is 2.37. The fourth-order valence-corrected chi connectivity index (χ4v) is 2.95. The van der Waals surface area contributed by atoms with Gasteiger partial charge in [0.1, 0.15) is 0 Å². The van der Waals surface area contributed by atoms with E-state index in [0.717, 1.165) is 6.26 Å². The zero-order valence-corrected chi connectivity index (χ0v) is 14.2. The zero-order chi connectivity index (χ0) is 16.0. The molecule has 8 heteroatoms. The summed E-state index contributed by atoms with van der Waals surface area (Å²) >= 11 is 11.6. The summed E-state index contributed by atoms with van der Waals surface area (Å²) in [6, 6.07) is 4.76. The van der Waals surface area contributed by atoms with Crippen molar-refractivity contribution in [3.63, 3.8) is 0 Å². The van der Waals surface area contributed by atoms with Crippen molar-refractivity contribution in [3.05, 3.63) is 28.2 Å². The van der Waals surface area contributed by atoms with E-state index in [9.17, 15) is 13.2 Å². The zero-order valence-electron chi connectivity index (χ0n) is 11.9. The third-order valence-corrected chi connectivity index (χ3v) is 4.78. The Bertz CT molecular complexity index is 605. The molecule has 21 heavy (non-hydrogen) atoms. The lowest BCUT2D eigenvalue weighted by Gasteiger charge is -2.18. The molecule has 1 rings (SSSR count). The maximum absolute atomic E-state index is 11.8. The molecule has 1 aromatic rings. The molecule has 0 saturated heterocycles. The third-order valence-electron chi connectivity index (χ3n) is 2.73. The number of carbonyl (C=O) groups is 1. The summed E-state index contributed by atoms with van der Waals surface area (Å²) in [4.78, 5) is 11.8. The van der Waals surface area contributed by atoms with Crippen molar-refractivity contribution >= 4 is 44.8 Å². The van der Waals surface area contributed by atoms with E-state index >= 15 is 0 Å². The lowest BCUT2D eigenvalue weighted by atomic mass is 10.3. The van der Waals surface area contributed by atoms with E-state index in [4.69, 9.17) is 23.2 Å². The van der Waals surface area contributed by atoms with Gasteiger partial charge in [0.2, 0.25) is 15.9 Å². The van der Waals surface area contributed by atoms with Gasteiger partial charge in [-0.25, -0.2) is 12.7 Å². The molecule has 1 aromatic carbocycles. The van der Waals surface area contributed by atoms with Crippen LogP contribution in [0.25, 0.3) is 0 Å². The maximum atomic E-state index is 11.8. The second kappa shape index (κ2) is 7.98. The van der Waals surface area contributed by atoms with Crippen molar-refractivity contribution in [1.82, 2.24) is 4.31 Å². The molecule has 0 atom stereocenters. The van der Waals surface area contributed by atoms with Gasteiger partial charge < -0.3 is 5.32 Å². The minimum Gasteiger partial charge on any atom is -0.326 e. The van der Waals surface area contributed by atoms with Crippen molar-refractivity contribution in [1.29, 1.82) is 0 Å². The highest BCUT2D eigenvalue weighted by atomic mass is 35.5. The minimum absolute atomic E-state index is 0.0767. The summed E-state index contributed by atoms with van der Waals surface area (Å²) in [5.74, 6) is -0.279. The number of hydrogen-bond donors (Lipinski definition) is 1. The van der Waals surface area contributed by atoms with Crippen molar-refractivity contribution in [2.75, 3.05) is 24.7 Å². The summed E-state index contributed by atoms with van der Waals surface area (Å²) in [5, 5.41) is 3.40. The lowest BCUT2D eigenvalue weighted by molar-refractivity contribution is -0.116. The molecule has 0 bridgehead atoms. The number of hydrogen-bond acceptors (Lipinski definition) is 3. The van der Waals surface area contributed by atoms with Crippen molar-refractivity contribution in [2.45, 2.75) is 19.8 Å². The lowest BCUT2D eigenvalue weighted by Crippen LogP contribution is -2.33. The first-order chi connectivity index (χ1) is 9.74. The van der Waals surface area contributed by atoms with Gasteiger partial charge in [-0.1, -0.05) is 30.1 Å². The number of nitrogens with one attached hydrogen (secondary N) is 1. The van der Waals surface area contributed by atoms with E-state index in [2.05, 4.69) is 5.32 Å². The van der Waals surface area contributed by atoms with Crippen LogP contribution in [0.4, 0.5) is 5.69 Å². The molecule has 5 nitrogen and oxygen atoms in total. The Morgan fingerprint density at radius 1 is 1.24 bits per heavy atom. The summed E-state index contributed by atoms with van der Waals surface area (Å²) in [6.45, 7) is 2.44. The van der Waals surface area contributed by atoms with Crippen LogP contribution in [0.1, 0.15) is 19.8 Å². The fraction of sp³-hybridized carbons (Fsp3) is 0.462. The molecule has 0 radical (unpaired) electrons. The number of rotatable bonds is 7. The fourth-order valence-electron chi connectivity index (χ4n) is 1.72. The molecule has 1 N–H and O–H groups in total. The van der Waals surface area contributed by atoms with Crippen LogP contribution in [0, 0.1) is 0 Å². The first-order valence-electron chi connectivity index (χ1n) is 6.44. The van der Waals surface area contributed by atoms with E-state index < -0.39 is 10.0 Å². The summed E-state index contributed by atoms with van der Waals surface area (Å²) in [7, 11) is -3.29. The predicted molar refractivity (Wildman–Crippen MR) is 86.4 cm³/mol. The molecule has 0 heterocycles. The predicted octanol–water partition coefficient (Wildman–Crippen LogP) is 2.99. The molecule has 118 valence electrons. The molecular formula is C13H18Cl2N2O3S. The van der Waals surface area contributed by atoms with Gasteiger partial charge in [0.25, 0.3) is 0 Å². The normalized spacial score (nSPS) is 11.7. The van der Waals surface area contributed by atoms with Crippen LogP contribution in [0.15, 0.2) is 18.2 Å². The number of sulfonamides is 1. The molecule has 0 aliphatic carbocycles. The number of amides is 1. The Hall–Kier alpha value is -0.820. The highest BCUT2D eigenvalue weighted by molar-refractivity contribution is 7.88. The molecule has 0 saturated carbocycles. The highest BCUT2D eigenvalue weighted by Crippen LogP contribution is 2.25. The Morgan fingerprint density at radius 3 is 2.43 bits per heavy atom. The Labute approximate surface area is 135 Å². The third kappa shape index (κ3) is 6.22. The van der Waals surface area contributed by atoms with Gasteiger partial charge in [0, 0.05) is 25.2 Å². The highest BCUT2D eigenvalue weighted by Gasteiger charge is 2.16. The molecule has 0 spiro atoms. The molecule has 0 aliphatic rings. The Balaban J connectivity index is 2.58. The average molecular weight is 353 g/mol. The van der Waals surface area contributed by atoms with E-state index in [1.54, 1.807) is 18.2 Å². The van der Waals surface area contributed by atoms with Crippen LogP contribution in [0.3, 0.4) is 0 Å². The van der Waals surface area contributed by atoms with Crippen LogP contribution in [-0.2, 0) is 14.8 Å². The van der Waals surface area contributed by atoms with Crippen LogP contribution < -0.4 is 5.32 Å². The van der Waals surface area contributed by atoms with Crippen molar-refractivity contribution in [3.8, 4) is 0 Å². The Morgan fingerprint density at radius 2 is 1.90 bits per heavy atom. The standard InChI is InChI=1S/C13H18Cl2N2O3S/c1-3-7-17(21(2,19)20)8-6-13(18)16-10-4-5-11(14)12(15)9-10/h4-5,9H,3,6-8H2,1-2H3,(H,16,18). The van der Waals surface area contributed by atoms with Crippen LogP contribution in [0.5, 0.6) is 0 Å². The number of carbonyl (C=O) groups excluding carboxylic acids is 1. The van der Waals surface area contributed by atoms with Gasteiger partial charge in [-0.2, -0.15) is 0 Å². The molecule has 0 aromatic heterocycles. The van der Waals surface area contributed by atoms with Gasteiger partial charge in [-0.3, -0.25) is 4.79 Å². The quantitative estimate of drug-likeness (QED) is 0.820. The van der Waals surface area contributed by atoms with E-state index in [-0.39, 0.29) is 18.9 Å². The summed E-state index contributed by atoms with van der Waals surface area (Å²) in [5.41, 5.74) is 0.524. The van der Waals surface area contributed by atoms with Gasteiger partial charge in [-0.15, -0.1) is 0 Å². The monoisotopic (exact) mass is 352 g/mol. The number of anilines is 1. The summed E-state index contributed by atoms with van der Waals surface area (Å²) in [6.07, 6.45) is 1.91. The molecule has 0 unspecified atom stereocenters. The van der Waals surface area contributed by atoms with Crippen molar-refractivity contribution in [2.24, 2.45) is 0 Å². The molecule has 0 fully saturated rings. The maximum Gasteiger partial charge on any atom is 0.225 e. The second-order valence-corrected chi connectivity index (χ2v) is 7.39. The van der Waals surface area contributed by atoms with Gasteiger partial charge in [0.15, 0.2) is 0 Å². The van der Waals surface area contributed by atoms with Crippen LogP contribution >= 0.6 is 23.2 Å². The largest absolute Gasteiger partial charge is 0.326 e. The molecule has 1 amide bonds. The van der Waals surface area contributed by atoms with E-state index in [0.29, 0.717) is 28.7 Å². The molecular weight excluding hydrogens is 335 g/mol. The first kappa shape index (κ1) is 18.2. The topological polar surface area (TPSA) is 66.5 Å². The van der Waals surface area contributed by atoms with Gasteiger partial charge >= 0.3 is 0 Å². The van der Waals surface area contributed by atoms with E-state index in [1.165, 1.54) is 4.31 Å². The Kier molecular flexibility index (Phi) is 6.93. The van der Waals surface area contributed by atoms with E-state index in [1.807, 2.05) is 6.92 Å². The number of benzene rings is 1. The number of nitrogens with zero attached hydrogens (tertiary/aromatic N) is 1. The summed E-state index contributed by atoms with van der Waals surface area (Å²) < 4.78 is 24.4. The van der Waals surface area contributed by atoms with Crippen molar-refractivity contribution < 1.29 is 13.2 Å². The number of halogens is 2. The van der Waals surface area contributed by atoms with Gasteiger partial charge in [0.05, 0.1) is 16.3 Å². The second-order valence-electron chi connectivity index (χ2n) is 4.59. The van der Waals surface area contributed by atoms with Crippen LogP contribution in [-0.4, -0.2) is 38.0 Å². The van der Waals surface area contributed by atoms with Crippen LogP contribution in [0.2, 0.25) is 10.0 Å². The SMILES string of the molecule is CCCN(CCC(=O)Nc1ccc(Cl)c(Cl)c1)S(C)(=O)=O. The first-order valence-corrected chi connectivity index (χ1v) is 9.04. The minimum atomic E-state index is -3.29. The van der Waals surface area contributed by atoms with Gasteiger partial charge in [-0.05, 0) is 24.6 Å². The molecule has 0 aliphatic heterocycles.